The fraction of sp³-hybridized carbons (Fsp3) is 0.0500. The van der Waals surface area contributed by atoms with Gasteiger partial charge in [0, 0.05) is 10.0 Å². The lowest BCUT2D eigenvalue weighted by molar-refractivity contribution is 0.100. The summed E-state index contributed by atoms with van der Waals surface area (Å²) >= 11 is 3.38. The summed E-state index contributed by atoms with van der Waals surface area (Å²) in [6.45, 7) is 1.71. The van der Waals surface area contributed by atoms with Crippen molar-refractivity contribution in [3.8, 4) is 11.1 Å². The van der Waals surface area contributed by atoms with E-state index in [4.69, 9.17) is 5.73 Å². The van der Waals surface area contributed by atoms with Crippen molar-refractivity contribution in [2.75, 3.05) is 4.72 Å². The molecule has 0 aromatic heterocycles. The highest BCUT2D eigenvalue weighted by Gasteiger charge is 2.22. The van der Waals surface area contributed by atoms with E-state index in [1.54, 1.807) is 37.3 Å². The fourth-order valence-electron chi connectivity index (χ4n) is 2.78. The molecule has 3 aromatic rings. The topological polar surface area (TPSA) is 89.3 Å². The predicted molar refractivity (Wildman–Crippen MR) is 110 cm³/mol. The van der Waals surface area contributed by atoms with Crippen molar-refractivity contribution < 1.29 is 13.2 Å². The number of carbonyl (C=O) groups is 1. The van der Waals surface area contributed by atoms with Gasteiger partial charge in [0.25, 0.3) is 15.9 Å². The number of halogens is 1. The van der Waals surface area contributed by atoms with Crippen molar-refractivity contribution in [2.45, 2.75) is 11.8 Å². The van der Waals surface area contributed by atoms with E-state index < -0.39 is 15.9 Å². The second kappa shape index (κ2) is 7.54. The Kier molecular flexibility index (Phi) is 5.34. The highest BCUT2D eigenvalue weighted by molar-refractivity contribution is 9.10. The van der Waals surface area contributed by atoms with Crippen molar-refractivity contribution in [2.24, 2.45) is 5.73 Å². The number of amides is 1. The molecule has 0 aliphatic heterocycles. The van der Waals surface area contributed by atoms with Crippen molar-refractivity contribution in [1.82, 2.24) is 0 Å². The zero-order valence-corrected chi connectivity index (χ0v) is 16.8. The molecule has 0 heterocycles. The molecule has 0 unspecified atom stereocenters. The van der Waals surface area contributed by atoms with Crippen molar-refractivity contribution in [1.29, 1.82) is 0 Å². The van der Waals surface area contributed by atoms with Gasteiger partial charge in [0.1, 0.15) is 0 Å². The number of nitrogens with one attached hydrogen (secondary N) is 1. The number of benzene rings is 3. The van der Waals surface area contributed by atoms with E-state index in [0.29, 0.717) is 11.1 Å². The van der Waals surface area contributed by atoms with Gasteiger partial charge in [-0.05, 0) is 42.3 Å². The predicted octanol–water partition coefficient (Wildman–Crippen LogP) is 4.32. The summed E-state index contributed by atoms with van der Waals surface area (Å²) in [6.07, 6.45) is 0. The molecule has 0 bridgehead atoms. The van der Waals surface area contributed by atoms with Gasteiger partial charge in [-0.3, -0.25) is 9.52 Å². The SMILES string of the molecule is Cc1ccccc1S(=O)(=O)Nc1c(C(N)=O)cccc1-c1ccc(Br)cc1. The number of hydrogen-bond acceptors (Lipinski definition) is 3. The molecular weight excluding hydrogens is 428 g/mol. The molecule has 3 N–H and O–H groups in total. The van der Waals surface area contributed by atoms with E-state index >= 15 is 0 Å². The molecule has 0 radical (unpaired) electrons. The quantitative estimate of drug-likeness (QED) is 0.613. The highest BCUT2D eigenvalue weighted by Crippen LogP contribution is 2.33. The number of aryl methyl sites for hydroxylation is 1. The molecule has 0 aliphatic carbocycles. The van der Waals surface area contributed by atoms with E-state index in [0.717, 1.165) is 10.0 Å². The van der Waals surface area contributed by atoms with Crippen LogP contribution in [0.25, 0.3) is 11.1 Å². The van der Waals surface area contributed by atoms with Gasteiger partial charge in [0.2, 0.25) is 0 Å². The first kappa shape index (κ1) is 19.1. The zero-order valence-electron chi connectivity index (χ0n) is 14.4. The minimum absolute atomic E-state index is 0.104. The van der Waals surface area contributed by atoms with Crippen LogP contribution in [0.1, 0.15) is 15.9 Å². The summed E-state index contributed by atoms with van der Waals surface area (Å²) in [7, 11) is -3.91. The minimum atomic E-state index is -3.91. The van der Waals surface area contributed by atoms with E-state index in [1.807, 2.05) is 24.3 Å². The molecule has 27 heavy (non-hydrogen) atoms. The third-order valence-corrected chi connectivity index (χ3v) is 6.14. The van der Waals surface area contributed by atoms with Gasteiger partial charge in [-0.25, -0.2) is 8.42 Å². The summed E-state index contributed by atoms with van der Waals surface area (Å²) in [5.74, 6) is -0.712. The number of hydrogen-bond donors (Lipinski definition) is 2. The van der Waals surface area contributed by atoms with Crippen LogP contribution in [0.5, 0.6) is 0 Å². The van der Waals surface area contributed by atoms with Gasteiger partial charge in [-0.2, -0.15) is 0 Å². The number of primary amides is 1. The van der Waals surface area contributed by atoms with Gasteiger partial charge in [-0.15, -0.1) is 0 Å². The maximum atomic E-state index is 13.0. The Labute approximate surface area is 166 Å². The van der Waals surface area contributed by atoms with Crippen LogP contribution in [0.2, 0.25) is 0 Å². The Hall–Kier alpha value is -2.64. The normalized spacial score (nSPS) is 11.2. The Morgan fingerprint density at radius 2 is 1.63 bits per heavy atom. The highest BCUT2D eigenvalue weighted by atomic mass is 79.9. The fourth-order valence-corrected chi connectivity index (χ4v) is 4.40. The van der Waals surface area contributed by atoms with Gasteiger partial charge in [0.05, 0.1) is 16.1 Å². The largest absolute Gasteiger partial charge is 0.366 e. The Morgan fingerprint density at radius 1 is 0.963 bits per heavy atom. The Balaban J connectivity index is 2.18. The van der Waals surface area contributed by atoms with Gasteiger partial charge in [0.15, 0.2) is 0 Å². The van der Waals surface area contributed by atoms with Gasteiger partial charge >= 0.3 is 0 Å². The van der Waals surface area contributed by atoms with Gasteiger partial charge < -0.3 is 5.73 Å². The van der Waals surface area contributed by atoms with E-state index in [-0.39, 0.29) is 16.1 Å². The van der Waals surface area contributed by atoms with Crippen LogP contribution in [0.4, 0.5) is 5.69 Å². The summed E-state index contributed by atoms with van der Waals surface area (Å²) < 4.78 is 29.4. The Bertz CT molecular complexity index is 1110. The molecule has 3 aromatic carbocycles. The average molecular weight is 445 g/mol. The molecule has 0 spiro atoms. The van der Waals surface area contributed by atoms with E-state index in [9.17, 15) is 13.2 Å². The first-order valence-corrected chi connectivity index (χ1v) is 10.3. The number of sulfonamides is 1. The maximum absolute atomic E-state index is 13.0. The third-order valence-electron chi connectivity index (χ3n) is 4.10. The van der Waals surface area contributed by atoms with E-state index in [1.165, 1.54) is 12.1 Å². The molecule has 0 aliphatic rings. The third kappa shape index (κ3) is 4.04. The van der Waals surface area contributed by atoms with E-state index in [2.05, 4.69) is 20.7 Å². The monoisotopic (exact) mass is 444 g/mol. The average Bonchev–Trinajstić information content (AvgIpc) is 2.62. The zero-order chi connectivity index (χ0) is 19.6. The van der Waals surface area contributed by atoms with Crippen LogP contribution in [0.3, 0.4) is 0 Å². The number of rotatable bonds is 5. The van der Waals surface area contributed by atoms with Crippen LogP contribution in [0.15, 0.2) is 76.1 Å². The standard InChI is InChI=1S/C20H17BrN2O3S/c1-13-5-2-3-8-18(13)27(25,26)23-19-16(6-4-7-17(19)20(22)24)14-9-11-15(21)12-10-14/h2-12,23H,1H3,(H2,22,24). The van der Waals surface area contributed by atoms with Crippen molar-refractivity contribution >= 4 is 37.5 Å². The first-order chi connectivity index (χ1) is 12.8. The minimum Gasteiger partial charge on any atom is -0.366 e. The van der Waals surface area contributed by atoms with Crippen molar-refractivity contribution in [3.63, 3.8) is 0 Å². The van der Waals surface area contributed by atoms with Crippen LogP contribution in [-0.2, 0) is 10.0 Å². The molecule has 0 atom stereocenters. The maximum Gasteiger partial charge on any atom is 0.262 e. The Morgan fingerprint density at radius 3 is 2.26 bits per heavy atom. The lowest BCUT2D eigenvalue weighted by atomic mass is 10.0. The molecule has 3 rings (SSSR count). The van der Waals surface area contributed by atoms with Crippen molar-refractivity contribution in [3.05, 3.63) is 82.3 Å². The van der Waals surface area contributed by atoms with Crippen LogP contribution >= 0.6 is 15.9 Å². The van der Waals surface area contributed by atoms with Crippen LogP contribution < -0.4 is 10.5 Å². The molecule has 1 amide bonds. The molecule has 5 nitrogen and oxygen atoms in total. The van der Waals surface area contributed by atoms with Gasteiger partial charge in [-0.1, -0.05) is 58.4 Å². The number of anilines is 1. The molecule has 0 saturated heterocycles. The molecule has 0 saturated carbocycles. The second-order valence-corrected chi connectivity index (χ2v) is 8.54. The number of carbonyl (C=O) groups excluding carboxylic acids is 1. The lowest BCUT2D eigenvalue weighted by Gasteiger charge is -2.17. The summed E-state index contributed by atoms with van der Waals surface area (Å²) in [6, 6.07) is 18.9. The summed E-state index contributed by atoms with van der Waals surface area (Å²) in [5, 5.41) is 0. The molecule has 7 heteroatoms. The molecule has 138 valence electrons. The smallest absolute Gasteiger partial charge is 0.262 e. The van der Waals surface area contributed by atoms with Crippen LogP contribution in [0, 0.1) is 6.92 Å². The first-order valence-electron chi connectivity index (χ1n) is 8.07. The summed E-state index contributed by atoms with van der Waals surface area (Å²) in [4.78, 5) is 12.1. The number of nitrogens with two attached hydrogens (primary N) is 1. The second-order valence-electron chi connectivity index (χ2n) is 5.97. The number of para-hydroxylation sites is 1. The molecule has 0 fully saturated rings. The van der Waals surface area contributed by atoms with Crippen LogP contribution in [-0.4, -0.2) is 14.3 Å². The summed E-state index contributed by atoms with van der Waals surface area (Å²) in [5.41, 5.74) is 7.68. The molecular formula is C20H17BrN2O3S. The lowest BCUT2D eigenvalue weighted by Crippen LogP contribution is -2.20.